The molecule has 0 radical (unpaired) electrons. The molecule has 210 valence electrons. The average Bonchev–Trinajstić information content (AvgIpc) is 3.62. The van der Waals surface area contributed by atoms with Crippen molar-refractivity contribution in [3.63, 3.8) is 0 Å². The molecule has 7 heteroatoms. The molecule has 1 aliphatic rings. The van der Waals surface area contributed by atoms with E-state index in [-0.39, 0.29) is 0 Å². The fourth-order valence-corrected chi connectivity index (χ4v) is 5.88. The predicted octanol–water partition coefficient (Wildman–Crippen LogP) is 7.95. The molecule has 43 heavy (non-hydrogen) atoms. The van der Waals surface area contributed by atoms with Gasteiger partial charge in [0, 0.05) is 21.9 Å². The van der Waals surface area contributed by atoms with Gasteiger partial charge < -0.3 is 13.7 Å². The standard InChI is InChI=1S/C36H30BN3O3/c1-35(2)36(3,4)43-37(42-35)25-19-20-30-27(21-25)32-26-17-11-12-18-31(26)41-33(32)40(30)34-38-28(23-13-7-5-8-14-23)22-29(39-34)24-15-9-6-10-16-24/h5-22H,1-4H3. The summed E-state index contributed by atoms with van der Waals surface area (Å²) in [6, 6.07) is 36.9. The monoisotopic (exact) mass is 563 g/mol. The maximum Gasteiger partial charge on any atom is 0.494 e. The van der Waals surface area contributed by atoms with Crippen LogP contribution in [0.3, 0.4) is 0 Å². The first kappa shape index (κ1) is 26.0. The molecule has 0 bridgehead atoms. The van der Waals surface area contributed by atoms with Gasteiger partial charge in [0.15, 0.2) is 0 Å². The van der Waals surface area contributed by atoms with Gasteiger partial charge in [-0.2, -0.15) is 0 Å². The van der Waals surface area contributed by atoms with Crippen LogP contribution >= 0.6 is 0 Å². The molecule has 0 amide bonds. The summed E-state index contributed by atoms with van der Waals surface area (Å²) in [4.78, 5) is 10.2. The van der Waals surface area contributed by atoms with Gasteiger partial charge in [-0.3, -0.25) is 0 Å². The van der Waals surface area contributed by atoms with Crippen molar-refractivity contribution in [1.29, 1.82) is 0 Å². The van der Waals surface area contributed by atoms with Crippen LogP contribution < -0.4 is 5.46 Å². The molecule has 0 N–H and O–H groups in total. The van der Waals surface area contributed by atoms with Crippen LogP contribution in [0.4, 0.5) is 0 Å². The molecule has 4 heterocycles. The van der Waals surface area contributed by atoms with Crippen molar-refractivity contribution in [2.45, 2.75) is 38.9 Å². The normalized spacial score (nSPS) is 16.0. The van der Waals surface area contributed by atoms with Gasteiger partial charge in [-0.05, 0) is 51.4 Å². The number of benzene rings is 4. The first-order valence-electron chi connectivity index (χ1n) is 14.6. The van der Waals surface area contributed by atoms with E-state index in [2.05, 4.69) is 76.2 Å². The zero-order valence-electron chi connectivity index (χ0n) is 24.5. The SMILES string of the molecule is CC1(C)OB(c2ccc3c(c2)c2c4ccccc4oc2n3-c2nc(-c3ccccc3)cc(-c3ccccc3)n2)OC1(C)C. The molecule has 7 aromatic rings. The molecule has 0 saturated carbocycles. The second-order valence-electron chi connectivity index (χ2n) is 12.1. The van der Waals surface area contributed by atoms with E-state index in [1.165, 1.54) is 0 Å². The van der Waals surface area contributed by atoms with Crippen molar-refractivity contribution in [1.82, 2.24) is 14.5 Å². The van der Waals surface area contributed by atoms with Crippen LogP contribution in [-0.4, -0.2) is 32.9 Å². The van der Waals surface area contributed by atoms with Crippen molar-refractivity contribution in [2.75, 3.05) is 0 Å². The minimum absolute atomic E-state index is 0.435. The summed E-state index contributed by atoms with van der Waals surface area (Å²) in [5, 5.41) is 3.08. The van der Waals surface area contributed by atoms with Crippen molar-refractivity contribution in [2.24, 2.45) is 0 Å². The van der Waals surface area contributed by atoms with Crippen LogP contribution in [0.1, 0.15) is 27.7 Å². The van der Waals surface area contributed by atoms with Crippen molar-refractivity contribution in [3.8, 4) is 28.5 Å². The lowest BCUT2D eigenvalue weighted by Crippen LogP contribution is -2.41. The summed E-state index contributed by atoms with van der Waals surface area (Å²) in [5.41, 5.74) is 6.26. The van der Waals surface area contributed by atoms with E-state index >= 15 is 0 Å². The Morgan fingerprint density at radius 3 is 1.84 bits per heavy atom. The van der Waals surface area contributed by atoms with Crippen molar-refractivity contribution < 1.29 is 13.7 Å². The lowest BCUT2D eigenvalue weighted by Gasteiger charge is -2.32. The summed E-state index contributed by atoms with van der Waals surface area (Å²) < 4.78 is 21.5. The Morgan fingerprint density at radius 2 is 1.21 bits per heavy atom. The zero-order chi connectivity index (χ0) is 29.3. The number of rotatable bonds is 4. The highest BCUT2D eigenvalue weighted by atomic mass is 16.7. The van der Waals surface area contributed by atoms with Gasteiger partial charge in [0.05, 0.1) is 33.5 Å². The lowest BCUT2D eigenvalue weighted by molar-refractivity contribution is 0.00578. The number of hydrogen-bond acceptors (Lipinski definition) is 5. The topological polar surface area (TPSA) is 62.3 Å². The second-order valence-corrected chi connectivity index (χ2v) is 12.1. The molecule has 0 spiro atoms. The Kier molecular flexibility index (Phi) is 5.67. The van der Waals surface area contributed by atoms with E-state index < -0.39 is 18.3 Å². The summed E-state index contributed by atoms with van der Waals surface area (Å²) in [5.74, 6) is 0.544. The van der Waals surface area contributed by atoms with Gasteiger partial charge in [-0.1, -0.05) is 91.0 Å². The number of furan rings is 1. The molecular formula is C36H30BN3O3. The summed E-state index contributed by atoms with van der Waals surface area (Å²) >= 11 is 0. The van der Waals surface area contributed by atoms with Gasteiger partial charge in [0.2, 0.25) is 11.7 Å². The largest absolute Gasteiger partial charge is 0.494 e. The smallest absolute Gasteiger partial charge is 0.439 e. The Hall–Kier alpha value is -4.72. The summed E-state index contributed by atoms with van der Waals surface area (Å²) in [6.07, 6.45) is 0. The zero-order valence-corrected chi connectivity index (χ0v) is 24.5. The molecule has 0 atom stereocenters. The Morgan fingerprint density at radius 1 is 0.628 bits per heavy atom. The fourth-order valence-electron chi connectivity index (χ4n) is 5.88. The molecular weight excluding hydrogens is 533 g/mol. The molecule has 4 aromatic carbocycles. The Bertz CT molecular complexity index is 2080. The maximum absolute atomic E-state index is 6.57. The Balaban J connectivity index is 1.40. The minimum atomic E-state index is -0.478. The fraction of sp³-hybridized carbons (Fsp3) is 0.167. The molecule has 1 saturated heterocycles. The number of hydrogen-bond donors (Lipinski definition) is 0. The van der Waals surface area contributed by atoms with E-state index in [0.29, 0.717) is 11.7 Å². The van der Waals surface area contributed by atoms with E-state index in [1.54, 1.807) is 0 Å². The van der Waals surface area contributed by atoms with Crippen molar-refractivity contribution >= 4 is 45.6 Å². The molecule has 3 aromatic heterocycles. The van der Waals surface area contributed by atoms with E-state index in [0.717, 1.165) is 55.2 Å². The van der Waals surface area contributed by atoms with E-state index in [4.69, 9.17) is 23.7 Å². The minimum Gasteiger partial charge on any atom is -0.439 e. The van der Waals surface area contributed by atoms with Gasteiger partial charge >= 0.3 is 7.12 Å². The molecule has 1 aliphatic heterocycles. The quantitative estimate of drug-likeness (QED) is 0.204. The van der Waals surface area contributed by atoms with Gasteiger partial charge in [0.1, 0.15) is 5.58 Å². The van der Waals surface area contributed by atoms with Crippen LogP contribution in [0.25, 0.3) is 61.4 Å². The molecule has 0 unspecified atom stereocenters. The van der Waals surface area contributed by atoms with E-state index in [9.17, 15) is 0 Å². The average molecular weight is 563 g/mol. The maximum atomic E-state index is 6.57. The number of nitrogens with zero attached hydrogens (tertiary/aromatic N) is 3. The molecule has 6 nitrogen and oxygen atoms in total. The number of para-hydroxylation sites is 1. The highest BCUT2D eigenvalue weighted by Gasteiger charge is 2.51. The predicted molar refractivity (Wildman–Crippen MR) is 173 cm³/mol. The number of fused-ring (bicyclic) bond motifs is 5. The van der Waals surface area contributed by atoms with Gasteiger partial charge in [-0.15, -0.1) is 0 Å². The molecule has 1 fully saturated rings. The Labute approximate surface area is 250 Å². The van der Waals surface area contributed by atoms with Crippen LogP contribution in [-0.2, 0) is 9.31 Å². The first-order valence-corrected chi connectivity index (χ1v) is 14.6. The molecule has 0 aliphatic carbocycles. The third-order valence-corrected chi connectivity index (χ3v) is 8.89. The first-order chi connectivity index (χ1) is 20.8. The van der Waals surface area contributed by atoms with Crippen LogP contribution in [0.2, 0.25) is 0 Å². The van der Waals surface area contributed by atoms with Crippen LogP contribution in [0.15, 0.2) is 114 Å². The third kappa shape index (κ3) is 4.11. The van der Waals surface area contributed by atoms with E-state index in [1.807, 2.05) is 65.2 Å². The summed E-state index contributed by atoms with van der Waals surface area (Å²) in [7, 11) is -0.478. The highest BCUT2D eigenvalue weighted by Crippen LogP contribution is 2.40. The van der Waals surface area contributed by atoms with Gasteiger partial charge in [-0.25, -0.2) is 14.5 Å². The summed E-state index contributed by atoms with van der Waals surface area (Å²) in [6.45, 7) is 8.30. The second kappa shape index (κ2) is 9.39. The van der Waals surface area contributed by atoms with Crippen LogP contribution in [0, 0.1) is 0 Å². The van der Waals surface area contributed by atoms with Crippen molar-refractivity contribution in [3.05, 3.63) is 109 Å². The number of aromatic nitrogens is 3. The third-order valence-electron chi connectivity index (χ3n) is 8.89. The highest BCUT2D eigenvalue weighted by molar-refractivity contribution is 6.62. The van der Waals surface area contributed by atoms with Gasteiger partial charge in [0.25, 0.3) is 0 Å². The van der Waals surface area contributed by atoms with Crippen LogP contribution in [0.5, 0.6) is 0 Å². The molecule has 8 rings (SSSR count). The lowest BCUT2D eigenvalue weighted by atomic mass is 9.78.